The van der Waals surface area contributed by atoms with Crippen molar-refractivity contribution in [3.8, 4) is 0 Å². The van der Waals surface area contributed by atoms with Gasteiger partial charge in [0.05, 0.1) is 17.3 Å². The Labute approximate surface area is 129 Å². The highest BCUT2D eigenvalue weighted by Crippen LogP contribution is 2.28. The first-order valence-electron chi connectivity index (χ1n) is 7.33. The maximum absolute atomic E-state index is 5.98. The van der Waals surface area contributed by atoms with Crippen LogP contribution in [-0.2, 0) is 6.54 Å². The maximum Gasteiger partial charge on any atom is 0.191 e. The summed E-state index contributed by atoms with van der Waals surface area (Å²) >= 11 is 5.98. The molecule has 0 bridgehead atoms. The van der Waals surface area contributed by atoms with Gasteiger partial charge < -0.3 is 15.0 Å². The summed E-state index contributed by atoms with van der Waals surface area (Å²) in [6, 6.07) is 4.31. The van der Waals surface area contributed by atoms with Gasteiger partial charge in [0.1, 0.15) is 5.65 Å². The minimum absolute atomic E-state index is 0.551. The fourth-order valence-corrected chi connectivity index (χ4v) is 2.44. The lowest BCUT2D eigenvalue weighted by atomic mass is 10.4. The maximum atomic E-state index is 5.98. The summed E-state index contributed by atoms with van der Waals surface area (Å²) in [6.07, 6.45) is 5.04. The van der Waals surface area contributed by atoms with Gasteiger partial charge in [-0.25, -0.2) is 9.98 Å². The predicted octanol–water partition coefficient (Wildman–Crippen LogP) is 2.45. The topological polar surface area (TPSA) is 53.7 Å². The van der Waals surface area contributed by atoms with E-state index < -0.39 is 0 Å². The van der Waals surface area contributed by atoms with Gasteiger partial charge in [0.15, 0.2) is 5.96 Å². The highest BCUT2D eigenvalue weighted by atomic mass is 35.5. The van der Waals surface area contributed by atoms with Crippen molar-refractivity contribution in [3.63, 3.8) is 0 Å². The van der Waals surface area contributed by atoms with Gasteiger partial charge >= 0.3 is 0 Å². The summed E-state index contributed by atoms with van der Waals surface area (Å²) < 4.78 is 1.93. The largest absolute Gasteiger partial charge is 0.357 e. The van der Waals surface area contributed by atoms with Crippen molar-refractivity contribution in [2.45, 2.75) is 32.9 Å². The summed E-state index contributed by atoms with van der Waals surface area (Å²) in [6.45, 7) is 5.72. The molecule has 1 saturated carbocycles. The lowest BCUT2D eigenvalue weighted by molar-refractivity contribution is 0.765. The van der Waals surface area contributed by atoms with Crippen molar-refractivity contribution in [2.24, 2.45) is 10.9 Å². The fraction of sp³-hybridized carbons (Fsp3) is 0.467. The number of imidazole rings is 1. The molecule has 1 aliphatic rings. The monoisotopic (exact) mass is 305 g/mol. The first-order chi connectivity index (χ1) is 10.2. The van der Waals surface area contributed by atoms with E-state index in [4.69, 9.17) is 11.6 Å². The van der Waals surface area contributed by atoms with Crippen molar-refractivity contribution in [1.29, 1.82) is 0 Å². The molecular weight excluding hydrogens is 286 g/mol. The normalized spacial score (nSPS) is 21.6. The zero-order chi connectivity index (χ0) is 14.8. The van der Waals surface area contributed by atoms with Crippen molar-refractivity contribution < 1.29 is 0 Å². The van der Waals surface area contributed by atoms with Crippen LogP contribution in [0.1, 0.15) is 26.0 Å². The third-order valence-corrected chi connectivity index (χ3v) is 3.86. The highest BCUT2D eigenvalue weighted by molar-refractivity contribution is 6.30. The molecule has 21 heavy (non-hydrogen) atoms. The highest BCUT2D eigenvalue weighted by Gasteiger charge is 2.33. The van der Waals surface area contributed by atoms with E-state index in [9.17, 15) is 0 Å². The van der Waals surface area contributed by atoms with Crippen LogP contribution < -0.4 is 10.6 Å². The van der Waals surface area contributed by atoms with Gasteiger partial charge in [0.2, 0.25) is 0 Å². The Morgan fingerprint density at radius 1 is 1.48 bits per heavy atom. The van der Waals surface area contributed by atoms with Crippen LogP contribution >= 0.6 is 11.6 Å². The second-order valence-electron chi connectivity index (χ2n) is 5.50. The third-order valence-electron chi connectivity index (χ3n) is 3.64. The van der Waals surface area contributed by atoms with Gasteiger partial charge in [0, 0.05) is 25.0 Å². The smallest absolute Gasteiger partial charge is 0.191 e. The number of guanidine groups is 1. The Balaban J connectivity index is 1.71. The van der Waals surface area contributed by atoms with Crippen LogP contribution in [0.3, 0.4) is 0 Å². The molecule has 5 nitrogen and oxygen atoms in total. The molecule has 0 spiro atoms. The molecule has 2 atom stereocenters. The SMILES string of the molecule is CCNC(=NCc1cn2cc(Cl)ccc2n1)NC1CC1C. The lowest BCUT2D eigenvalue weighted by Crippen LogP contribution is -2.39. The van der Waals surface area contributed by atoms with E-state index in [0.717, 1.165) is 29.8 Å². The number of hydrogen-bond acceptors (Lipinski definition) is 2. The number of nitrogens with zero attached hydrogens (tertiary/aromatic N) is 3. The Bertz CT molecular complexity index is 663. The van der Waals surface area contributed by atoms with Crippen LogP contribution in [0.25, 0.3) is 5.65 Å². The molecule has 3 rings (SSSR count). The van der Waals surface area contributed by atoms with E-state index in [0.29, 0.717) is 17.6 Å². The standard InChI is InChI=1S/C15H20ClN5/c1-3-17-15(20-13-6-10(13)2)18-7-12-9-21-8-11(16)4-5-14(21)19-12/h4-5,8-10,13H,3,6-7H2,1-2H3,(H2,17,18,20). The summed E-state index contributed by atoms with van der Waals surface area (Å²) in [7, 11) is 0. The Morgan fingerprint density at radius 2 is 2.29 bits per heavy atom. The van der Waals surface area contributed by atoms with Crippen molar-refractivity contribution >= 4 is 23.2 Å². The van der Waals surface area contributed by atoms with Crippen LogP contribution in [-0.4, -0.2) is 27.9 Å². The molecule has 0 aliphatic heterocycles. The lowest BCUT2D eigenvalue weighted by Gasteiger charge is -2.10. The first-order valence-corrected chi connectivity index (χ1v) is 7.71. The number of aromatic nitrogens is 2. The fourth-order valence-electron chi connectivity index (χ4n) is 2.27. The van der Waals surface area contributed by atoms with E-state index in [-0.39, 0.29) is 0 Å². The van der Waals surface area contributed by atoms with Gasteiger partial charge in [0.25, 0.3) is 0 Å². The number of hydrogen-bond donors (Lipinski definition) is 2. The van der Waals surface area contributed by atoms with Crippen molar-refractivity contribution in [3.05, 3.63) is 35.2 Å². The molecule has 112 valence electrons. The summed E-state index contributed by atoms with van der Waals surface area (Å²) in [4.78, 5) is 9.14. The van der Waals surface area contributed by atoms with E-state index in [1.165, 1.54) is 6.42 Å². The second-order valence-corrected chi connectivity index (χ2v) is 5.94. The average molecular weight is 306 g/mol. The van der Waals surface area contributed by atoms with Crippen LogP contribution in [0.15, 0.2) is 29.5 Å². The van der Waals surface area contributed by atoms with Crippen LogP contribution in [0.4, 0.5) is 0 Å². The van der Waals surface area contributed by atoms with Crippen molar-refractivity contribution in [2.75, 3.05) is 6.54 Å². The van der Waals surface area contributed by atoms with Gasteiger partial charge in [-0.1, -0.05) is 18.5 Å². The quantitative estimate of drug-likeness (QED) is 0.674. The summed E-state index contributed by atoms with van der Waals surface area (Å²) in [5.41, 5.74) is 1.82. The number of pyridine rings is 1. The van der Waals surface area contributed by atoms with Gasteiger partial charge in [-0.3, -0.25) is 0 Å². The van der Waals surface area contributed by atoms with Crippen LogP contribution in [0.2, 0.25) is 5.02 Å². The van der Waals surface area contributed by atoms with E-state index in [1.54, 1.807) is 0 Å². The molecule has 0 amide bonds. The molecule has 6 heteroatoms. The third kappa shape index (κ3) is 3.47. The van der Waals surface area contributed by atoms with Gasteiger partial charge in [-0.15, -0.1) is 0 Å². The molecule has 2 N–H and O–H groups in total. The van der Waals surface area contributed by atoms with Crippen LogP contribution in [0, 0.1) is 5.92 Å². The molecule has 1 aliphatic carbocycles. The van der Waals surface area contributed by atoms with Gasteiger partial charge in [-0.2, -0.15) is 0 Å². The minimum atomic E-state index is 0.551. The van der Waals surface area contributed by atoms with E-state index in [1.807, 2.05) is 28.9 Å². The Morgan fingerprint density at radius 3 is 3.00 bits per heavy atom. The zero-order valence-corrected chi connectivity index (χ0v) is 13.1. The van der Waals surface area contributed by atoms with E-state index >= 15 is 0 Å². The van der Waals surface area contributed by atoms with Crippen LogP contribution in [0.5, 0.6) is 0 Å². The number of rotatable bonds is 4. The molecule has 1 fully saturated rings. The Kier molecular flexibility index (Phi) is 4.01. The number of aliphatic imine (C=N–C) groups is 1. The van der Waals surface area contributed by atoms with E-state index in [2.05, 4.69) is 34.5 Å². The van der Waals surface area contributed by atoms with Crippen molar-refractivity contribution in [1.82, 2.24) is 20.0 Å². The summed E-state index contributed by atoms with van der Waals surface area (Å²) in [5.74, 6) is 1.60. The summed E-state index contributed by atoms with van der Waals surface area (Å²) in [5, 5.41) is 7.41. The average Bonchev–Trinajstić information content (AvgIpc) is 2.99. The van der Waals surface area contributed by atoms with Gasteiger partial charge in [-0.05, 0) is 31.4 Å². The number of nitrogens with one attached hydrogen (secondary N) is 2. The molecule has 2 unspecified atom stereocenters. The molecule has 2 heterocycles. The zero-order valence-electron chi connectivity index (χ0n) is 12.3. The predicted molar refractivity (Wildman–Crippen MR) is 85.7 cm³/mol. The second kappa shape index (κ2) is 5.93. The molecular formula is C15H20ClN5. The molecule has 0 saturated heterocycles. The first kappa shape index (κ1) is 14.2. The molecule has 2 aromatic heterocycles. The minimum Gasteiger partial charge on any atom is -0.357 e. The number of halogens is 1. The molecule has 0 radical (unpaired) electrons. The number of fused-ring (bicyclic) bond motifs is 1. The molecule has 0 aromatic carbocycles. The Hall–Kier alpha value is -1.75. The molecule has 2 aromatic rings.